The quantitative estimate of drug-likeness (QED) is 0.663. The summed E-state index contributed by atoms with van der Waals surface area (Å²) in [7, 11) is 0. The summed E-state index contributed by atoms with van der Waals surface area (Å²) in [6.45, 7) is 5.91. The maximum absolute atomic E-state index is 14.8. The molecule has 6 heteroatoms. The molecule has 0 spiro atoms. The fourth-order valence-electron chi connectivity index (χ4n) is 3.88. The molecular weight excluding hydrogens is 349 g/mol. The molecule has 150 valence electrons. The van der Waals surface area contributed by atoms with E-state index in [1.54, 1.807) is 13.8 Å². The molecule has 1 unspecified atom stereocenters. The van der Waals surface area contributed by atoms with Crippen molar-refractivity contribution < 1.29 is 23.5 Å². The van der Waals surface area contributed by atoms with Crippen LogP contribution in [0, 0.1) is 5.41 Å². The Bertz CT molecular complexity index is 624. The highest BCUT2D eigenvalue weighted by atomic mass is 19.1. The van der Waals surface area contributed by atoms with Crippen LogP contribution in [0.15, 0.2) is 30.3 Å². The third-order valence-corrected chi connectivity index (χ3v) is 5.31. The van der Waals surface area contributed by atoms with Crippen molar-refractivity contribution in [3.05, 3.63) is 35.9 Å². The van der Waals surface area contributed by atoms with Gasteiger partial charge in [-0.25, -0.2) is 4.39 Å². The van der Waals surface area contributed by atoms with Gasteiger partial charge in [0.25, 0.3) is 0 Å². The van der Waals surface area contributed by atoms with E-state index in [9.17, 15) is 14.0 Å². The van der Waals surface area contributed by atoms with Gasteiger partial charge < -0.3 is 14.8 Å². The SMILES string of the molecule is CCOC(=O)CC[C@@]1(C(=O)OCC)CCC(F)[C@H]1N[C@@H](C)c1ccccc1. The highest BCUT2D eigenvalue weighted by Gasteiger charge is 2.55. The predicted octanol–water partition coefficient (Wildman–Crippen LogP) is 3.73. The van der Waals surface area contributed by atoms with Crippen LogP contribution in [-0.2, 0) is 19.1 Å². The first kappa shape index (κ1) is 21.4. The minimum atomic E-state index is -1.18. The van der Waals surface area contributed by atoms with Crippen LogP contribution < -0.4 is 5.32 Å². The van der Waals surface area contributed by atoms with Gasteiger partial charge in [0.2, 0.25) is 0 Å². The van der Waals surface area contributed by atoms with Crippen LogP contribution >= 0.6 is 0 Å². The Kier molecular flexibility index (Phi) is 7.78. The number of nitrogens with one attached hydrogen (secondary N) is 1. The van der Waals surface area contributed by atoms with E-state index in [0.717, 1.165) is 5.56 Å². The Labute approximate surface area is 160 Å². The summed E-state index contributed by atoms with van der Waals surface area (Å²) < 4.78 is 25.1. The number of hydrogen-bond donors (Lipinski definition) is 1. The molecule has 4 atom stereocenters. The molecule has 2 rings (SSSR count). The van der Waals surface area contributed by atoms with Crippen LogP contribution in [0.2, 0.25) is 0 Å². The molecule has 0 heterocycles. The molecular formula is C21H30FNO4. The lowest BCUT2D eigenvalue weighted by Gasteiger charge is -2.36. The molecule has 0 aromatic heterocycles. The summed E-state index contributed by atoms with van der Waals surface area (Å²) in [6, 6.07) is 8.86. The Morgan fingerprint density at radius 1 is 1.22 bits per heavy atom. The lowest BCUT2D eigenvalue weighted by atomic mass is 9.77. The van der Waals surface area contributed by atoms with E-state index in [4.69, 9.17) is 9.47 Å². The minimum Gasteiger partial charge on any atom is -0.466 e. The maximum atomic E-state index is 14.8. The summed E-state index contributed by atoms with van der Waals surface area (Å²) in [4.78, 5) is 24.7. The zero-order chi connectivity index (χ0) is 19.9. The van der Waals surface area contributed by atoms with E-state index in [1.807, 2.05) is 37.3 Å². The number of esters is 2. The average Bonchev–Trinajstić information content (AvgIpc) is 2.98. The Balaban J connectivity index is 2.23. The summed E-state index contributed by atoms with van der Waals surface area (Å²) >= 11 is 0. The second-order valence-electron chi connectivity index (χ2n) is 7.01. The van der Waals surface area contributed by atoms with Crippen molar-refractivity contribution in [3.63, 3.8) is 0 Å². The molecule has 0 radical (unpaired) electrons. The Morgan fingerprint density at radius 2 is 1.89 bits per heavy atom. The van der Waals surface area contributed by atoms with Gasteiger partial charge in [-0.05, 0) is 45.6 Å². The van der Waals surface area contributed by atoms with E-state index in [2.05, 4.69) is 5.32 Å². The number of alkyl halides is 1. The van der Waals surface area contributed by atoms with Gasteiger partial charge in [0, 0.05) is 12.5 Å². The van der Waals surface area contributed by atoms with Crippen molar-refractivity contribution in [1.82, 2.24) is 5.32 Å². The molecule has 1 aliphatic rings. The number of rotatable bonds is 9. The minimum absolute atomic E-state index is 0.0667. The highest BCUT2D eigenvalue weighted by Crippen LogP contribution is 2.45. The third-order valence-electron chi connectivity index (χ3n) is 5.31. The lowest BCUT2D eigenvalue weighted by molar-refractivity contribution is -0.158. The van der Waals surface area contributed by atoms with Gasteiger partial charge in [-0.2, -0.15) is 0 Å². The fourth-order valence-corrected chi connectivity index (χ4v) is 3.88. The molecule has 1 aromatic rings. The van der Waals surface area contributed by atoms with E-state index in [0.29, 0.717) is 6.42 Å². The number of hydrogen-bond acceptors (Lipinski definition) is 5. The molecule has 5 nitrogen and oxygen atoms in total. The smallest absolute Gasteiger partial charge is 0.313 e. The molecule has 0 aliphatic heterocycles. The molecule has 0 bridgehead atoms. The number of ether oxygens (including phenoxy) is 2. The molecule has 27 heavy (non-hydrogen) atoms. The van der Waals surface area contributed by atoms with Gasteiger partial charge in [-0.15, -0.1) is 0 Å². The van der Waals surface area contributed by atoms with Gasteiger partial charge in [0.05, 0.1) is 24.7 Å². The van der Waals surface area contributed by atoms with E-state index >= 15 is 0 Å². The fraction of sp³-hybridized carbons (Fsp3) is 0.619. The van der Waals surface area contributed by atoms with Crippen molar-refractivity contribution >= 4 is 11.9 Å². The number of benzene rings is 1. The topological polar surface area (TPSA) is 64.6 Å². The van der Waals surface area contributed by atoms with Crippen molar-refractivity contribution in [2.75, 3.05) is 13.2 Å². The molecule has 1 aromatic carbocycles. The highest BCUT2D eigenvalue weighted by molar-refractivity contribution is 5.80. The van der Waals surface area contributed by atoms with Crippen LogP contribution in [-0.4, -0.2) is 37.4 Å². The molecule has 0 saturated heterocycles. The zero-order valence-corrected chi connectivity index (χ0v) is 16.4. The summed E-state index contributed by atoms with van der Waals surface area (Å²) in [5.41, 5.74) is -0.0506. The predicted molar refractivity (Wildman–Crippen MR) is 101 cm³/mol. The van der Waals surface area contributed by atoms with Crippen LogP contribution in [0.25, 0.3) is 0 Å². The Morgan fingerprint density at radius 3 is 2.52 bits per heavy atom. The van der Waals surface area contributed by atoms with Crippen LogP contribution in [0.1, 0.15) is 58.1 Å². The van der Waals surface area contributed by atoms with Crippen molar-refractivity contribution in [2.24, 2.45) is 5.41 Å². The molecule has 1 aliphatic carbocycles. The number of carbonyl (C=O) groups excluding carboxylic acids is 2. The molecule has 1 saturated carbocycles. The zero-order valence-electron chi connectivity index (χ0n) is 16.4. The first-order valence-electron chi connectivity index (χ1n) is 9.72. The van der Waals surface area contributed by atoms with Gasteiger partial charge in [-0.3, -0.25) is 9.59 Å². The van der Waals surface area contributed by atoms with Crippen molar-refractivity contribution in [1.29, 1.82) is 0 Å². The number of halogens is 1. The van der Waals surface area contributed by atoms with Crippen LogP contribution in [0.5, 0.6) is 0 Å². The average molecular weight is 379 g/mol. The molecule has 0 amide bonds. The second kappa shape index (κ2) is 9.83. The van der Waals surface area contributed by atoms with Gasteiger partial charge >= 0.3 is 11.9 Å². The first-order chi connectivity index (χ1) is 12.9. The van der Waals surface area contributed by atoms with Crippen LogP contribution in [0.4, 0.5) is 4.39 Å². The summed E-state index contributed by atoms with van der Waals surface area (Å²) in [6.07, 6.45) is -0.281. The standard InChI is InChI=1S/C21H30FNO4/c1-4-26-18(24)12-14-21(20(25)27-5-2)13-11-17(22)19(21)23-15(3)16-9-7-6-8-10-16/h6-10,15,17,19,23H,4-5,11-14H2,1-3H3/t15-,17?,19+,21-/m0/s1. The Hall–Kier alpha value is -1.95. The van der Waals surface area contributed by atoms with E-state index in [-0.39, 0.29) is 44.5 Å². The van der Waals surface area contributed by atoms with Gasteiger partial charge in [-0.1, -0.05) is 30.3 Å². The second-order valence-corrected chi connectivity index (χ2v) is 7.01. The van der Waals surface area contributed by atoms with Gasteiger partial charge in [0.15, 0.2) is 0 Å². The monoisotopic (exact) mass is 379 g/mol. The first-order valence-corrected chi connectivity index (χ1v) is 9.72. The maximum Gasteiger partial charge on any atom is 0.313 e. The summed E-state index contributed by atoms with van der Waals surface area (Å²) in [5.74, 6) is -0.814. The normalized spacial score (nSPS) is 25.8. The van der Waals surface area contributed by atoms with E-state index < -0.39 is 23.6 Å². The lowest BCUT2D eigenvalue weighted by Crippen LogP contribution is -2.51. The van der Waals surface area contributed by atoms with Crippen molar-refractivity contribution in [3.8, 4) is 0 Å². The largest absolute Gasteiger partial charge is 0.466 e. The van der Waals surface area contributed by atoms with E-state index in [1.165, 1.54) is 0 Å². The third kappa shape index (κ3) is 5.06. The molecule has 1 fully saturated rings. The summed E-state index contributed by atoms with van der Waals surface area (Å²) in [5, 5.41) is 3.30. The van der Waals surface area contributed by atoms with Gasteiger partial charge in [0.1, 0.15) is 6.17 Å². The number of carbonyl (C=O) groups is 2. The molecule has 1 N–H and O–H groups in total. The van der Waals surface area contributed by atoms with Crippen LogP contribution in [0.3, 0.4) is 0 Å². The van der Waals surface area contributed by atoms with Crippen molar-refractivity contribution in [2.45, 2.75) is 64.7 Å².